The first-order valence-electron chi connectivity index (χ1n) is 4.54. The van der Waals surface area contributed by atoms with Crippen LogP contribution in [0.1, 0.15) is 0 Å². The molecule has 0 atom stereocenters. The number of nitrogens with zero attached hydrogens (tertiary/aromatic N) is 2. The van der Waals surface area contributed by atoms with Crippen LogP contribution in [0.4, 0.5) is 5.69 Å². The summed E-state index contributed by atoms with van der Waals surface area (Å²) < 4.78 is 1.93. The summed E-state index contributed by atoms with van der Waals surface area (Å²) in [4.78, 5) is 10.2. The Morgan fingerprint density at radius 3 is 2.67 bits per heavy atom. The maximum absolute atomic E-state index is 10.6. The molecule has 0 unspecified atom stereocenters. The van der Waals surface area contributed by atoms with Gasteiger partial charge in [-0.1, -0.05) is 12.1 Å². The van der Waals surface area contributed by atoms with Crippen LogP contribution in [0.15, 0.2) is 42.6 Å². The topological polar surface area (TPSA) is 48.1 Å². The predicted molar refractivity (Wildman–Crippen MR) is 57.5 cm³/mol. The van der Waals surface area contributed by atoms with Crippen molar-refractivity contribution in [1.29, 1.82) is 0 Å². The molecule has 0 amide bonds. The lowest BCUT2D eigenvalue weighted by molar-refractivity contribution is -0.384. The first-order chi connectivity index (χ1) is 7.18. The molecule has 0 bridgehead atoms. The molecule has 0 N–H and O–H groups in total. The molecular formula is C11H10N2O2. The van der Waals surface area contributed by atoms with E-state index >= 15 is 0 Å². The van der Waals surface area contributed by atoms with Crippen molar-refractivity contribution in [2.45, 2.75) is 0 Å². The number of aryl methyl sites for hydroxylation is 1. The molecule has 0 fully saturated rings. The molecule has 0 saturated heterocycles. The van der Waals surface area contributed by atoms with Gasteiger partial charge in [-0.05, 0) is 12.1 Å². The fourth-order valence-corrected chi connectivity index (χ4v) is 1.54. The molecule has 2 aromatic rings. The summed E-state index contributed by atoms with van der Waals surface area (Å²) >= 11 is 0. The average Bonchev–Trinajstić information content (AvgIpc) is 2.64. The zero-order valence-electron chi connectivity index (χ0n) is 8.25. The fourth-order valence-electron chi connectivity index (χ4n) is 1.54. The Balaban J connectivity index is 2.50. The van der Waals surface area contributed by atoms with Crippen molar-refractivity contribution >= 4 is 5.69 Å². The van der Waals surface area contributed by atoms with Crippen LogP contribution in [-0.2, 0) is 7.05 Å². The van der Waals surface area contributed by atoms with Gasteiger partial charge in [-0.25, -0.2) is 0 Å². The summed E-state index contributed by atoms with van der Waals surface area (Å²) in [6.45, 7) is 0. The third-order valence-electron chi connectivity index (χ3n) is 2.30. The maximum Gasteiger partial charge on any atom is 0.270 e. The third kappa shape index (κ3) is 1.74. The van der Waals surface area contributed by atoms with Gasteiger partial charge >= 0.3 is 0 Å². The molecule has 0 aliphatic rings. The molecule has 76 valence electrons. The predicted octanol–water partition coefficient (Wildman–Crippen LogP) is 2.60. The highest BCUT2D eigenvalue weighted by atomic mass is 16.6. The van der Waals surface area contributed by atoms with Crippen molar-refractivity contribution in [2.24, 2.45) is 7.05 Å². The SMILES string of the molecule is Cn1cccc1-c1cccc([N+](=O)[O-])c1. The second-order valence-corrected chi connectivity index (χ2v) is 3.31. The van der Waals surface area contributed by atoms with E-state index in [4.69, 9.17) is 0 Å². The number of hydrogen-bond donors (Lipinski definition) is 0. The molecule has 0 spiro atoms. The Labute approximate surface area is 86.9 Å². The summed E-state index contributed by atoms with van der Waals surface area (Å²) in [5, 5.41) is 10.6. The van der Waals surface area contributed by atoms with Gasteiger partial charge in [0.15, 0.2) is 0 Å². The molecule has 4 nitrogen and oxygen atoms in total. The Kier molecular flexibility index (Phi) is 2.25. The number of nitro groups is 1. The second-order valence-electron chi connectivity index (χ2n) is 3.31. The highest BCUT2D eigenvalue weighted by Gasteiger charge is 2.08. The lowest BCUT2D eigenvalue weighted by Crippen LogP contribution is -1.91. The Morgan fingerprint density at radius 1 is 1.27 bits per heavy atom. The average molecular weight is 202 g/mol. The molecule has 1 aromatic carbocycles. The smallest absolute Gasteiger partial charge is 0.270 e. The number of benzene rings is 1. The van der Waals surface area contributed by atoms with E-state index in [9.17, 15) is 10.1 Å². The summed E-state index contributed by atoms with van der Waals surface area (Å²) in [6.07, 6.45) is 1.91. The van der Waals surface area contributed by atoms with E-state index in [1.807, 2.05) is 36.0 Å². The standard InChI is InChI=1S/C11H10N2O2/c1-12-7-3-6-11(12)9-4-2-5-10(8-9)13(14)15/h2-8H,1H3. The van der Waals surface area contributed by atoms with Gasteiger partial charge in [-0.15, -0.1) is 0 Å². The summed E-state index contributed by atoms with van der Waals surface area (Å²) in [5.41, 5.74) is 1.95. The maximum atomic E-state index is 10.6. The number of nitro benzene ring substituents is 1. The van der Waals surface area contributed by atoms with Crippen LogP contribution in [0.5, 0.6) is 0 Å². The molecule has 4 heteroatoms. The van der Waals surface area contributed by atoms with Crippen molar-refractivity contribution in [3.05, 3.63) is 52.7 Å². The lowest BCUT2D eigenvalue weighted by Gasteiger charge is -2.02. The van der Waals surface area contributed by atoms with Gasteiger partial charge in [-0.3, -0.25) is 10.1 Å². The minimum Gasteiger partial charge on any atom is -0.351 e. The second kappa shape index (κ2) is 3.57. The Bertz CT molecular complexity index is 503. The largest absolute Gasteiger partial charge is 0.351 e. The van der Waals surface area contributed by atoms with Crippen molar-refractivity contribution in [3.63, 3.8) is 0 Å². The van der Waals surface area contributed by atoms with E-state index in [1.165, 1.54) is 6.07 Å². The molecule has 1 aromatic heterocycles. The van der Waals surface area contributed by atoms with Gasteiger partial charge in [0.1, 0.15) is 0 Å². The van der Waals surface area contributed by atoms with Gasteiger partial charge in [0.25, 0.3) is 5.69 Å². The van der Waals surface area contributed by atoms with Crippen molar-refractivity contribution in [1.82, 2.24) is 4.57 Å². The molecule has 2 rings (SSSR count). The van der Waals surface area contributed by atoms with Crippen LogP contribution in [0.3, 0.4) is 0 Å². The van der Waals surface area contributed by atoms with Crippen molar-refractivity contribution in [3.8, 4) is 11.3 Å². The number of hydrogen-bond acceptors (Lipinski definition) is 2. The Morgan fingerprint density at radius 2 is 2.07 bits per heavy atom. The van der Waals surface area contributed by atoms with Gasteiger partial charge in [0, 0.05) is 36.6 Å². The quantitative estimate of drug-likeness (QED) is 0.555. The summed E-state index contributed by atoms with van der Waals surface area (Å²) in [5.74, 6) is 0. The van der Waals surface area contributed by atoms with E-state index in [0.717, 1.165) is 11.3 Å². The minimum atomic E-state index is -0.383. The van der Waals surface area contributed by atoms with Gasteiger partial charge < -0.3 is 4.57 Å². The lowest BCUT2D eigenvalue weighted by atomic mass is 10.1. The van der Waals surface area contributed by atoms with E-state index in [0.29, 0.717) is 0 Å². The zero-order chi connectivity index (χ0) is 10.8. The van der Waals surface area contributed by atoms with Crippen LogP contribution in [0.25, 0.3) is 11.3 Å². The molecule has 0 aliphatic heterocycles. The van der Waals surface area contributed by atoms with Crippen molar-refractivity contribution in [2.75, 3.05) is 0 Å². The van der Waals surface area contributed by atoms with E-state index in [-0.39, 0.29) is 10.6 Å². The van der Waals surface area contributed by atoms with Crippen LogP contribution < -0.4 is 0 Å². The molecule has 15 heavy (non-hydrogen) atoms. The number of rotatable bonds is 2. The van der Waals surface area contributed by atoms with E-state index in [2.05, 4.69) is 0 Å². The normalized spacial score (nSPS) is 10.2. The Hall–Kier alpha value is -2.10. The fraction of sp³-hybridized carbons (Fsp3) is 0.0909. The van der Waals surface area contributed by atoms with Gasteiger partial charge in [-0.2, -0.15) is 0 Å². The zero-order valence-corrected chi connectivity index (χ0v) is 8.25. The molecule has 0 saturated carbocycles. The number of non-ortho nitro benzene ring substituents is 1. The number of aromatic nitrogens is 1. The van der Waals surface area contributed by atoms with Crippen molar-refractivity contribution < 1.29 is 4.92 Å². The van der Waals surface area contributed by atoms with Crippen LogP contribution in [-0.4, -0.2) is 9.49 Å². The third-order valence-corrected chi connectivity index (χ3v) is 2.30. The summed E-state index contributed by atoms with van der Waals surface area (Å²) in [6, 6.07) is 10.5. The summed E-state index contributed by atoms with van der Waals surface area (Å²) in [7, 11) is 1.91. The monoisotopic (exact) mass is 202 g/mol. The molecule has 0 aliphatic carbocycles. The first kappa shape index (κ1) is 9.45. The first-order valence-corrected chi connectivity index (χ1v) is 4.54. The molecule has 1 heterocycles. The van der Waals surface area contributed by atoms with Gasteiger partial charge in [0.05, 0.1) is 4.92 Å². The van der Waals surface area contributed by atoms with Gasteiger partial charge in [0.2, 0.25) is 0 Å². The van der Waals surface area contributed by atoms with Crippen LogP contribution in [0.2, 0.25) is 0 Å². The molecule has 0 radical (unpaired) electrons. The van der Waals surface area contributed by atoms with Crippen LogP contribution in [0, 0.1) is 10.1 Å². The minimum absolute atomic E-state index is 0.119. The van der Waals surface area contributed by atoms with E-state index in [1.54, 1.807) is 12.1 Å². The highest BCUT2D eigenvalue weighted by molar-refractivity contribution is 5.63. The molecular weight excluding hydrogens is 192 g/mol. The van der Waals surface area contributed by atoms with E-state index < -0.39 is 0 Å². The highest BCUT2D eigenvalue weighted by Crippen LogP contribution is 2.23. The van der Waals surface area contributed by atoms with Crippen LogP contribution >= 0.6 is 0 Å².